The van der Waals surface area contributed by atoms with Crippen LogP contribution in [-0.2, 0) is 7.05 Å². The second-order valence-corrected chi connectivity index (χ2v) is 9.11. The van der Waals surface area contributed by atoms with Gasteiger partial charge in [0.2, 0.25) is 0 Å². The molecule has 0 amide bonds. The van der Waals surface area contributed by atoms with Crippen molar-refractivity contribution in [2.24, 2.45) is 7.05 Å². The van der Waals surface area contributed by atoms with E-state index in [2.05, 4.69) is 20.6 Å². The van der Waals surface area contributed by atoms with Gasteiger partial charge in [-0.15, -0.1) is 0 Å². The summed E-state index contributed by atoms with van der Waals surface area (Å²) in [5.41, 5.74) is 8.71. The van der Waals surface area contributed by atoms with Crippen molar-refractivity contribution in [2.75, 3.05) is 67.9 Å². The molecule has 6 rings (SSSR count). The molecular weight excluding hydrogens is 491 g/mol. The molecule has 0 aliphatic carbocycles. The molecule has 3 heterocycles. The number of aryl methyl sites for hydroxylation is 1. The van der Waals surface area contributed by atoms with Gasteiger partial charge in [-0.3, -0.25) is 4.68 Å². The number of benzene rings is 3. The SMILES string of the molecule is Cn1ncc2cc(N)ccc21.Fc1ccc(N2CCNCC2)c(F)c1.Fc1ccccc1N1CCNCC1. The first-order chi connectivity index (χ1) is 18.4. The molecule has 38 heavy (non-hydrogen) atoms. The van der Waals surface area contributed by atoms with Crippen molar-refractivity contribution in [3.8, 4) is 0 Å². The zero-order chi connectivity index (χ0) is 26.9. The zero-order valence-electron chi connectivity index (χ0n) is 21.5. The highest BCUT2D eigenvalue weighted by molar-refractivity contribution is 5.81. The van der Waals surface area contributed by atoms with E-state index < -0.39 is 11.6 Å². The van der Waals surface area contributed by atoms with Gasteiger partial charge in [0.15, 0.2) is 0 Å². The summed E-state index contributed by atoms with van der Waals surface area (Å²) in [6.45, 7) is 6.88. The van der Waals surface area contributed by atoms with Crippen molar-refractivity contribution < 1.29 is 13.2 Å². The molecule has 0 atom stereocenters. The molecule has 0 bridgehead atoms. The van der Waals surface area contributed by atoms with Gasteiger partial charge in [-0.05, 0) is 42.5 Å². The maximum absolute atomic E-state index is 13.3. The van der Waals surface area contributed by atoms with Gasteiger partial charge in [0.1, 0.15) is 17.5 Å². The minimum atomic E-state index is -0.526. The van der Waals surface area contributed by atoms with Crippen LogP contribution >= 0.6 is 0 Å². The smallest absolute Gasteiger partial charge is 0.149 e. The Bertz CT molecular complexity index is 1320. The quantitative estimate of drug-likeness (QED) is 0.346. The monoisotopic (exact) mass is 525 g/mol. The molecule has 1 aromatic heterocycles. The number of halogens is 3. The van der Waals surface area contributed by atoms with Crippen molar-refractivity contribution in [3.05, 3.63) is 84.3 Å². The fourth-order valence-corrected chi connectivity index (χ4v) is 4.44. The van der Waals surface area contributed by atoms with Crippen LogP contribution in [0.1, 0.15) is 0 Å². The van der Waals surface area contributed by atoms with E-state index in [4.69, 9.17) is 5.73 Å². The number of aromatic nitrogens is 2. The molecular formula is C28H34F3N7. The Morgan fingerprint density at radius 1 is 0.737 bits per heavy atom. The highest BCUT2D eigenvalue weighted by Gasteiger charge is 2.15. The number of piperazine rings is 2. The number of para-hydroxylation sites is 1. The van der Waals surface area contributed by atoms with Gasteiger partial charge < -0.3 is 26.2 Å². The van der Waals surface area contributed by atoms with Gasteiger partial charge in [-0.1, -0.05) is 12.1 Å². The summed E-state index contributed by atoms with van der Waals surface area (Å²) in [7, 11) is 1.92. The lowest BCUT2D eigenvalue weighted by Crippen LogP contribution is -2.43. The third-order valence-corrected chi connectivity index (χ3v) is 6.45. The largest absolute Gasteiger partial charge is 0.399 e. The molecule has 0 spiro atoms. The van der Waals surface area contributed by atoms with Crippen LogP contribution in [0.5, 0.6) is 0 Å². The minimum absolute atomic E-state index is 0.121. The summed E-state index contributed by atoms with van der Waals surface area (Å²) < 4.78 is 41.1. The first-order valence-electron chi connectivity index (χ1n) is 12.7. The van der Waals surface area contributed by atoms with E-state index in [9.17, 15) is 13.2 Å². The van der Waals surface area contributed by atoms with Crippen LogP contribution < -0.4 is 26.2 Å². The maximum atomic E-state index is 13.3. The van der Waals surface area contributed by atoms with Gasteiger partial charge in [-0.2, -0.15) is 5.10 Å². The van der Waals surface area contributed by atoms with E-state index >= 15 is 0 Å². The van der Waals surface area contributed by atoms with Crippen molar-refractivity contribution in [3.63, 3.8) is 0 Å². The molecule has 2 saturated heterocycles. The fourth-order valence-electron chi connectivity index (χ4n) is 4.44. The normalized spacial score (nSPS) is 15.4. The lowest BCUT2D eigenvalue weighted by Gasteiger charge is -2.29. The van der Waals surface area contributed by atoms with Crippen LogP contribution in [0.2, 0.25) is 0 Å². The first kappa shape index (κ1) is 27.3. The van der Waals surface area contributed by atoms with Crippen LogP contribution in [0.4, 0.5) is 30.2 Å². The lowest BCUT2D eigenvalue weighted by molar-refractivity contribution is 0.554. The summed E-state index contributed by atoms with van der Waals surface area (Å²) in [6, 6.07) is 16.4. The van der Waals surface area contributed by atoms with Crippen LogP contribution in [-0.4, -0.2) is 62.1 Å². The molecule has 3 aromatic carbocycles. The minimum Gasteiger partial charge on any atom is -0.399 e. The van der Waals surface area contributed by atoms with Crippen molar-refractivity contribution >= 4 is 28.0 Å². The zero-order valence-corrected chi connectivity index (χ0v) is 21.5. The average molecular weight is 526 g/mol. The number of hydrogen-bond acceptors (Lipinski definition) is 6. The Morgan fingerprint density at radius 3 is 1.95 bits per heavy atom. The molecule has 202 valence electrons. The number of hydrogen-bond donors (Lipinski definition) is 3. The van der Waals surface area contributed by atoms with E-state index in [1.54, 1.807) is 6.07 Å². The molecule has 0 radical (unpaired) electrons. The molecule has 10 heteroatoms. The number of nitrogen functional groups attached to an aromatic ring is 1. The predicted molar refractivity (Wildman–Crippen MR) is 148 cm³/mol. The molecule has 2 aliphatic rings. The van der Waals surface area contributed by atoms with Crippen LogP contribution in [0, 0.1) is 17.5 Å². The highest BCUT2D eigenvalue weighted by Crippen LogP contribution is 2.20. The Labute approximate surface area is 221 Å². The topological polar surface area (TPSA) is 74.4 Å². The van der Waals surface area contributed by atoms with Gasteiger partial charge in [0.25, 0.3) is 0 Å². The number of nitrogens with one attached hydrogen (secondary N) is 2. The molecule has 2 fully saturated rings. The highest BCUT2D eigenvalue weighted by atomic mass is 19.1. The van der Waals surface area contributed by atoms with E-state index in [1.807, 2.05) is 53.2 Å². The average Bonchev–Trinajstić information content (AvgIpc) is 3.30. The standard InChI is InChI=1S/C10H12F2N2.C10H13FN2.C8H9N3/c11-8-1-2-10(9(12)7-8)14-5-3-13-4-6-14;11-9-3-1-2-4-10(9)13-7-5-12-6-8-13;1-11-8-3-2-7(9)4-6(8)5-10-11/h1-2,7,13H,3-6H2;1-4,12H,5-8H2;2-5H,9H2,1H3. The molecule has 0 unspecified atom stereocenters. The van der Waals surface area contributed by atoms with E-state index in [0.717, 1.165) is 80.7 Å². The van der Waals surface area contributed by atoms with Gasteiger partial charge in [-0.25, -0.2) is 13.2 Å². The van der Waals surface area contributed by atoms with Gasteiger partial charge in [0.05, 0.1) is 23.1 Å². The summed E-state index contributed by atoms with van der Waals surface area (Å²) in [5, 5.41) is 11.6. The summed E-state index contributed by atoms with van der Waals surface area (Å²) in [6.07, 6.45) is 1.81. The van der Waals surface area contributed by atoms with Gasteiger partial charge >= 0.3 is 0 Å². The Morgan fingerprint density at radius 2 is 1.34 bits per heavy atom. The summed E-state index contributed by atoms with van der Waals surface area (Å²) in [4.78, 5) is 4.00. The second-order valence-electron chi connectivity index (χ2n) is 9.11. The Kier molecular flexibility index (Phi) is 9.45. The van der Waals surface area contributed by atoms with Crippen LogP contribution in [0.3, 0.4) is 0 Å². The van der Waals surface area contributed by atoms with Crippen molar-refractivity contribution in [1.29, 1.82) is 0 Å². The Hall–Kier alpha value is -3.76. The third-order valence-electron chi connectivity index (χ3n) is 6.45. The molecule has 7 nitrogen and oxygen atoms in total. The molecule has 4 aromatic rings. The van der Waals surface area contributed by atoms with Crippen LogP contribution in [0.15, 0.2) is 66.9 Å². The molecule has 4 N–H and O–H groups in total. The van der Waals surface area contributed by atoms with E-state index in [0.29, 0.717) is 5.69 Å². The summed E-state index contributed by atoms with van der Waals surface area (Å²) in [5.74, 6) is -1.13. The number of nitrogens with two attached hydrogens (primary N) is 1. The van der Waals surface area contributed by atoms with Crippen molar-refractivity contribution in [2.45, 2.75) is 0 Å². The third kappa shape index (κ3) is 7.17. The number of rotatable bonds is 2. The van der Waals surface area contributed by atoms with Crippen molar-refractivity contribution in [1.82, 2.24) is 20.4 Å². The van der Waals surface area contributed by atoms with Crippen LogP contribution in [0.25, 0.3) is 10.9 Å². The van der Waals surface area contributed by atoms with E-state index in [1.165, 1.54) is 18.2 Å². The summed E-state index contributed by atoms with van der Waals surface area (Å²) >= 11 is 0. The van der Waals surface area contributed by atoms with E-state index in [-0.39, 0.29) is 5.82 Å². The first-order valence-corrected chi connectivity index (χ1v) is 12.7. The molecule has 2 aliphatic heterocycles. The van der Waals surface area contributed by atoms with Gasteiger partial charge in [0, 0.05) is 76.5 Å². The fraction of sp³-hybridized carbons (Fsp3) is 0.321. The second kappa shape index (κ2) is 13.2. The number of nitrogens with zero attached hydrogens (tertiary/aromatic N) is 4. The number of fused-ring (bicyclic) bond motifs is 1. The Balaban J connectivity index is 0.000000134. The molecule has 0 saturated carbocycles. The lowest BCUT2D eigenvalue weighted by atomic mass is 10.2. The number of anilines is 3. The maximum Gasteiger partial charge on any atom is 0.149 e. The predicted octanol–water partition coefficient (Wildman–Crippen LogP) is 3.77.